The lowest BCUT2D eigenvalue weighted by molar-refractivity contribution is -0.209. The zero-order chi connectivity index (χ0) is 14.2. The van der Waals surface area contributed by atoms with Gasteiger partial charge in [-0.15, -0.1) is 0 Å². The molecule has 6 nitrogen and oxygen atoms in total. The first-order valence-electron chi connectivity index (χ1n) is 6.04. The fourth-order valence-electron chi connectivity index (χ4n) is 1.21. The maximum absolute atomic E-state index is 11.3. The Morgan fingerprint density at radius 3 is 2.44 bits per heavy atom. The zero-order valence-corrected chi connectivity index (χ0v) is 11.1. The molecule has 0 amide bonds. The van der Waals surface area contributed by atoms with E-state index in [0.29, 0.717) is 0 Å². The molecule has 0 aromatic rings. The quantitative estimate of drug-likeness (QED) is 0.381. The Bertz CT molecular complexity index is 272. The van der Waals surface area contributed by atoms with Crippen molar-refractivity contribution in [3.05, 3.63) is 0 Å². The Kier molecular flexibility index (Phi) is 7.54. The largest absolute Gasteiger partial charge is 0.465 e. The van der Waals surface area contributed by atoms with E-state index in [2.05, 4.69) is 4.74 Å². The van der Waals surface area contributed by atoms with Crippen molar-refractivity contribution in [1.82, 2.24) is 0 Å². The first kappa shape index (κ1) is 16.9. The van der Waals surface area contributed by atoms with Gasteiger partial charge in [0.2, 0.25) is 5.79 Å². The molecule has 0 saturated carbocycles. The van der Waals surface area contributed by atoms with Gasteiger partial charge in [-0.25, -0.2) is 0 Å². The highest BCUT2D eigenvalue weighted by atomic mass is 16.7. The summed E-state index contributed by atoms with van der Waals surface area (Å²) in [7, 11) is 0. The molecule has 0 heterocycles. The Labute approximate surface area is 107 Å². The Balaban J connectivity index is 4.05. The van der Waals surface area contributed by atoms with E-state index in [1.165, 1.54) is 13.8 Å². The van der Waals surface area contributed by atoms with Crippen molar-refractivity contribution in [1.29, 1.82) is 0 Å². The van der Waals surface area contributed by atoms with E-state index < -0.39 is 30.3 Å². The molecule has 0 aliphatic heterocycles. The number of aliphatic hydroxyl groups is 2. The number of unbranched alkanes of at least 4 members (excludes halogenated alkanes) is 1. The normalized spacial score (nSPS) is 15.6. The molecule has 0 aliphatic rings. The second kappa shape index (κ2) is 8.05. The van der Waals surface area contributed by atoms with Gasteiger partial charge in [-0.3, -0.25) is 9.59 Å². The van der Waals surface area contributed by atoms with Crippen LogP contribution in [0.3, 0.4) is 0 Å². The van der Waals surface area contributed by atoms with Crippen molar-refractivity contribution in [2.45, 2.75) is 58.3 Å². The van der Waals surface area contributed by atoms with Crippen LogP contribution >= 0.6 is 0 Å². The average Bonchev–Trinajstić information content (AvgIpc) is 2.13. The fraction of sp³-hybridized carbons (Fsp3) is 0.833. The molecule has 0 aromatic carbocycles. The molecule has 0 saturated heterocycles. The summed E-state index contributed by atoms with van der Waals surface area (Å²) in [6, 6.07) is 0. The standard InChI is InChI=1S/C12H22O6/c1-4-5-6-17-11(15)8-12(3,16)18-10(14)7-9(2)13/h9,13,16H,4-8H2,1-3H3. The summed E-state index contributed by atoms with van der Waals surface area (Å²) in [5.41, 5.74) is 0. The van der Waals surface area contributed by atoms with Gasteiger partial charge in [0.1, 0.15) is 6.42 Å². The van der Waals surface area contributed by atoms with Crippen molar-refractivity contribution in [2.75, 3.05) is 6.61 Å². The number of hydrogen-bond acceptors (Lipinski definition) is 6. The van der Waals surface area contributed by atoms with Gasteiger partial charge in [0.15, 0.2) is 0 Å². The monoisotopic (exact) mass is 262 g/mol. The molecule has 0 aromatic heterocycles. The van der Waals surface area contributed by atoms with E-state index in [-0.39, 0.29) is 13.0 Å². The topological polar surface area (TPSA) is 93.1 Å². The first-order valence-corrected chi connectivity index (χ1v) is 6.04. The van der Waals surface area contributed by atoms with Crippen LogP contribution < -0.4 is 0 Å². The lowest BCUT2D eigenvalue weighted by atomic mass is 10.2. The van der Waals surface area contributed by atoms with Crippen LogP contribution in [0.5, 0.6) is 0 Å². The van der Waals surface area contributed by atoms with Crippen LogP contribution in [0.25, 0.3) is 0 Å². The molecule has 0 bridgehead atoms. The molecule has 2 N–H and O–H groups in total. The summed E-state index contributed by atoms with van der Waals surface area (Å²) in [4.78, 5) is 22.5. The molecule has 106 valence electrons. The first-order chi connectivity index (χ1) is 8.26. The predicted molar refractivity (Wildman–Crippen MR) is 63.5 cm³/mol. The van der Waals surface area contributed by atoms with Crippen LogP contribution in [0.2, 0.25) is 0 Å². The molecule has 2 atom stereocenters. The highest BCUT2D eigenvalue weighted by molar-refractivity contribution is 5.73. The summed E-state index contributed by atoms with van der Waals surface area (Å²) < 4.78 is 9.52. The number of carbonyl (C=O) groups is 2. The maximum atomic E-state index is 11.3. The predicted octanol–water partition coefficient (Wildman–Crippen LogP) is 0.742. The van der Waals surface area contributed by atoms with Gasteiger partial charge in [-0.2, -0.15) is 0 Å². The van der Waals surface area contributed by atoms with E-state index >= 15 is 0 Å². The Morgan fingerprint density at radius 1 is 1.33 bits per heavy atom. The number of carbonyl (C=O) groups excluding carboxylic acids is 2. The Morgan fingerprint density at radius 2 is 1.94 bits per heavy atom. The average molecular weight is 262 g/mol. The SMILES string of the molecule is CCCCOC(=O)CC(C)(O)OC(=O)CC(C)O. The van der Waals surface area contributed by atoms with Crippen LogP contribution in [0.15, 0.2) is 0 Å². The number of rotatable bonds is 8. The van der Waals surface area contributed by atoms with Crippen LogP contribution in [-0.2, 0) is 19.1 Å². The molecule has 0 rings (SSSR count). The van der Waals surface area contributed by atoms with Crippen LogP contribution in [0.4, 0.5) is 0 Å². The van der Waals surface area contributed by atoms with Gasteiger partial charge < -0.3 is 19.7 Å². The minimum absolute atomic E-state index is 0.235. The third-order valence-electron chi connectivity index (χ3n) is 2.03. The van der Waals surface area contributed by atoms with Crippen molar-refractivity contribution < 1.29 is 29.3 Å². The molecular weight excluding hydrogens is 240 g/mol. The summed E-state index contributed by atoms with van der Waals surface area (Å²) in [6.07, 6.45) is 0.122. The second-order valence-electron chi connectivity index (χ2n) is 4.45. The number of aliphatic hydroxyl groups excluding tert-OH is 1. The zero-order valence-electron chi connectivity index (χ0n) is 11.1. The van der Waals surface area contributed by atoms with Gasteiger partial charge in [0, 0.05) is 6.92 Å². The van der Waals surface area contributed by atoms with Crippen molar-refractivity contribution in [2.24, 2.45) is 0 Å². The third kappa shape index (κ3) is 8.95. The van der Waals surface area contributed by atoms with Gasteiger partial charge in [0.05, 0.1) is 19.1 Å². The summed E-state index contributed by atoms with van der Waals surface area (Å²) in [6.45, 7) is 4.87. The van der Waals surface area contributed by atoms with Crippen molar-refractivity contribution >= 4 is 11.9 Å². The molecular formula is C12H22O6. The highest BCUT2D eigenvalue weighted by Gasteiger charge is 2.30. The molecule has 0 spiro atoms. The summed E-state index contributed by atoms with van der Waals surface area (Å²) in [5.74, 6) is -3.30. The fourth-order valence-corrected chi connectivity index (χ4v) is 1.21. The summed E-state index contributed by atoms with van der Waals surface area (Å²) >= 11 is 0. The van der Waals surface area contributed by atoms with Gasteiger partial charge in [0.25, 0.3) is 0 Å². The number of esters is 2. The van der Waals surface area contributed by atoms with E-state index in [1.807, 2.05) is 6.92 Å². The van der Waals surface area contributed by atoms with Gasteiger partial charge in [-0.05, 0) is 13.3 Å². The van der Waals surface area contributed by atoms with Crippen molar-refractivity contribution in [3.8, 4) is 0 Å². The maximum Gasteiger partial charge on any atom is 0.312 e. The Hall–Kier alpha value is -1.14. The highest BCUT2D eigenvalue weighted by Crippen LogP contribution is 2.14. The minimum atomic E-state index is -1.91. The molecule has 2 unspecified atom stereocenters. The van der Waals surface area contributed by atoms with Crippen LogP contribution in [0.1, 0.15) is 46.5 Å². The third-order valence-corrected chi connectivity index (χ3v) is 2.03. The summed E-state index contributed by atoms with van der Waals surface area (Å²) in [5, 5.41) is 18.7. The van der Waals surface area contributed by atoms with Gasteiger partial charge >= 0.3 is 11.9 Å². The lowest BCUT2D eigenvalue weighted by Gasteiger charge is -2.22. The molecule has 0 radical (unpaired) electrons. The van der Waals surface area contributed by atoms with Gasteiger partial charge in [-0.1, -0.05) is 13.3 Å². The smallest absolute Gasteiger partial charge is 0.312 e. The van der Waals surface area contributed by atoms with E-state index in [1.54, 1.807) is 0 Å². The second-order valence-corrected chi connectivity index (χ2v) is 4.45. The molecule has 0 aliphatic carbocycles. The number of hydrogen-bond donors (Lipinski definition) is 2. The van der Waals surface area contributed by atoms with Crippen molar-refractivity contribution in [3.63, 3.8) is 0 Å². The molecule has 18 heavy (non-hydrogen) atoms. The molecule has 0 fully saturated rings. The van der Waals surface area contributed by atoms with E-state index in [4.69, 9.17) is 9.84 Å². The molecule has 6 heteroatoms. The minimum Gasteiger partial charge on any atom is -0.465 e. The lowest BCUT2D eigenvalue weighted by Crippen LogP contribution is -2.35. The van der Waals surface area contributed by atoms with E-state index in [0.717, 1.165) is 12.8 Å². The number of ether oxygens (including phenoxy) is 2. The van der Waals surface area contributed by atoms with Crippen LogP contribution in [-0.4, -0.2) is 40.6 Å². The van der Waals surface area contributed by atoms with E-state index in [9.17, 15) is 14.7 Å². The van der Waals surface area contributed by atoms with Crippen LogP contribution in [0, 0.1) is 0 Å².